The Labute approximate surface area is 212 Å². The second kappa shape index (κ2) is 25.4. The molecule has 2 aliphatic rings. The number of hydrogen-bond donors (Lipinski definition) is 0. The first-order valence-corrected chi connectivity index (χ1v) is 6.72. The summed E-state index contributed by atoms with van der Waals surface area (Å²) >= 11 is 0. The van der Waals surface area contributed by atoms with Gasteiger partial charge >= 0.3 is 68.3 Å². The molecule has 154 valence electrons. The summed E-state index contributed by atoms with van der Waals surface area (Å²) in [6, 6.07) is 16.2. The maximum atomic E-state index is 5.24. The largest absolute Gasteiger partial charge is 3.00 e. The van der Waals surface area contributed by atoms with Crippen LogP contribution in [0, 0.1) is 0 Å². The first kappa shape index (κ1) is 46.6. The van der Waals surface area contributed by atoms with E-state index in [0.29, 0.717) is 0 Å². The molecule has 0 fully saturated rings. The Morgan fingerprint density at radius 2 is 0.828 bits per heavy atom. The summed E-state index contributed by atoms with van der Waals surface area (Å²) in [5.74, 6) is 1.98. The first-order valence-electron chi connectivity index (χ1n) is 6.72. The first-order chi connectivity index (χ1) is 9.93. The average Bonchev–Trinajstić information content (AvgIpc) is 2.56. The number of allylic oxidation sites excluding steroid dienone is 2. The van der Waals surface area contributed by atoms with Crippen LogP contribution in [-0.4, -0.2) is 34.7 Å². The summed E-state index contributed by atoms with van der Waals surface area (Å²) in [7, 11) is 0. The summed E-state index contributed by atoms with van der Waals surface area (Å²) in [4.78, 5) is 0. The molecule has 0 aliphatic carbocycles. The minimum absolute atomic E-state index is 0. The van der Waals surface area contributed by atoms with Gasteiger partial charge in [0.1, 0.15) is 11.5 Å². The number of hydrogen-bond acceptors (Lipinski definition) is 2. The fraction of sp³-hybridized carbons (Fsp3) is 0.111. The summed E-state index contributed by atoms with van der Waals surface area (Å²) in [5, 5.41) is 0. The third-order valence-corrected chi connectivity index (χ3v) is 3.20. The van der Waals surface area contributed by atoms with Gasteiger partial charge in [0.05, 0.1) is 12.5 Å². The van der Waals surface area contributed by atoms with Crippen molar-refractivity contribution in [2.24, 2.45) is 0 Å². The van der Waals surface area contributed by atoms with Crippen molar-refractivity contribution < 1.29 is 70.4 Å². The molecule has 29 heavy (non-hydrogen) atoms. The van der Waals surface area contributed by atoms with E-state index in [4.69, 9.17) is 9.47 Å². The zero-order valence-corrected chi connectivity index (χ0v) is 19.4. The van der Waals surface area contributed by atoms with Gasteiger partial charge in [-0.3, -0.25) is 0 Å². The van der Waals surface area contributed by atoms with Gasteiger partial charge in [0.15, 0.2) is 0 Å². The van der Waals surface area contributed by atoms with Gasteiger partial charge in [0, 0.05) is 0 Å². The summed E-state index contributed by atoms with van der Waals surface area (Å²) < 4.78 is 10.5. The number of ether oxygens (including phenoxy) is 2. The standard InChI is InChI=1S/2C9H8O.2Al.2Co.5O/c2*1-2-6-9-8(4-1)5-3-7-10-9;;;;;;;;;/h2*1-4,6-7H,5H2;;;;;;;;;/q;;2*+3;2*+2;5*-2. The Bertz CT molecular complexity index is 563. The second-order valence-corrected chi connectivity index (χ2v) is 4.60. The van der Waals surface area contributed by atoms with Crippen molar-refractivity contribution in [2.45, 2.75) is 12.8 Å². The van der Waals surface area contributed by atoms with Crippen LogP contribution in [0.15, 0.2) is 73.2 Å². The molecule has 0 amide bonds. The smallest absolute Gasteiger partial charge is 2.00 e. The minimum Gasteiger partial charge on any atom is -2.00 e. The third-order valence-electron chi connectivity index (χ3n) is 3.20. The van der Waals surface area contributed by atoms with E-state index in [0.717, 1.165) is 24.3 Å². The van der Waals surface area contributed by atoms with Gasteiger partial charge in [0.25, 0.3) is 0 Å². The molecule has 0 N–H and O–H groups in total. The number of rotatable bonds is 0. The molecule has 2 heterocycles. The number of benzene rings is 2. The topological polar surface area (TPSA) is 161 Å². The van der Waals surface area contributed by atoms with Gasteiger partial charge in [-0.15, -0.1) is 0 Å². The maximum absolute atomic E-state index is 5.24. The van der Waals surface area contributed by atoms with Gasteiger partial charge < -0.3 is 36.9 Å². The van der Waals surface area contributed by atoms with Crippen LogP contribution in [0.4, 0.5) is 0 Å². The van der Waals surface area contributed by atoms with E-state index >= 15 is 0 Å². The van der Waals surface area contributed by atoms with Crippen LogP contribution in [-0.2, 0) is 73.8 Å². The van der Waals surface area contributed by atoms with Crippen LogP contribution < -0.4 is 9.47 Å². The van der Waals surface area contributed by atoms with E-state index in [-0.39, 0.29) is 95.7 Å². The molecule has 2 aliphatic heterocycles. The Hall–Kier alpha value is -0.602. The second-order valence-electron chi connectivity index (χ2n) is 4.60. The zero-order valence-electron chi connectivity index (χ0n) is 15.0. The van der Waals surface area contributed by atoms with E-state index in [2.05, 4.69) is 12.1 Å². The molecular weight excluding hydrogens is 500 g/mol. The van der Waals surface area contributed by atoms with Crippen LogP contribution in [0.5, 0.6) is 11.5 Å². The van der Waals surface area contributed by atoms with Crippen molar-refractivity contribution >= 4 is 34.7 Å². The molecule has 0 atom stereocenters. The van der Waals surface area contributed by atoms with Gasteiger partial charge in [-0.1, -0.05) is 36.4 Å². The summed E-state index contributed by atoms with van der Waals surface area (Å²) in [5.41, 5.74) is 2.54. The Kier molecular flexibility index (Phi) is 40.8. The minimum atomic E-state index is 0. The van der Waals surface area contributed by atoms with E-state index in [9.17, 15) is 0 Å². The van der Waals surface area contributed by atoms with Crippen LogP contribution >= 0.6 is 0 Å². The Morgan fingerprint density at radius 1 is 0.517 bits per heavy atom. The van der Waals surface area contributed by atoms with E-state index in [1.807, 2.05) is 48.6 Å². The Balaban J connectivity index is -0.0000000509. The predicted molar refractivity (Wildman–Crippen MR) is 94.8 cm³/mol. The molecule has 7 nitrogen and oxygen atoms in total. The SMILES string of the molecule is C1=COc2ccccc2C1.C1=COc2ccccc2C1.[Al+3].[Al+3].[Co+2].[Co+2].[O-2].[O-2].[O-2].[O-2].[O-2]. The molecule has 0 spiro atoms. The molecule has 2 radical (unpaired) electrons. The van der Waals surface area contributed by atoms with Crippen molar-refractivity contribution in [1.29, 1.82) is 0 Å². The molecule has 0 unspecified atom stereocenters. The number of para-hydroxylation sites is 2. The molecular formula is C18H16Al2Co2O7. The van der Waals surface area contributed by atoms with Gasteiger partial charge in [-0.05, 0) is 48.3 Å². The van der Waals surface area contributed by atoms with Crippen molar-refractivity contribution in [3.63, 3.8) is 0 Å². The summed E-state index contributed by atoms with van der Waals surface area (Å²) in [6.07, 6.45) is 9.50. The molecule has 2 aromatic rings. The molecule has 0 saturated heterocycles. The monoisotopic (exact) mass is 516 g/mol. The van der Waals surface area contributed by atoms with Crippen molar-refractivity contribution in [1.82, 2.24) is 0 Å². The quantitative estimate of drug-likeness (QED) is 0.493. The van der Waals surface area contributed by atoms with Crippen LogP contribution in [0.3, 0.4) is 0 Å². The fourth-order valence-electron chi connectivity index (χ4n) is 2.17. The van der Waals surface area contributed by atoms with E-state index in [1.165, 1.54) is 11.1 Å². The van der Waals surface area contributed by atoms with Crippen LogP contribution in [0.1, 0.15) is 11.1 Å². The van der Waals surface area contributed by atoms with E-state index in [1.54, 1.807) is 12.5 Å². The molecule has 0 aromatic heterocycles. The Morgan fingerprint density at radius 3 is 1.14 bits per heavy atom. The predicted octanol–water partition coefficient (Wildman–Crippen LogP) is 2.91. The zero-order chi connectivity index (χ0) is 13.6. The van der Waals surface area contributed by atoms with Crippen molar-refractivity contribution in [3.05, 3.63) is 84.3 Å². The molecule has 0 bridgehead atoms. The van der Waals surface area contributed by atoms with Crippen molar-refractivity contribution in [2.75, 3.05) is 0 Å². The molecule has 0 saturated carbocycles. The van der Waals surface area contributed by atoms with Crippen LogP contribution in [0.2, 0.25) is 0 Å². The van der Waals surface area contributed by atoms with Crippen molar-refractivity contribution in [3.8, 4) is 11.5 Å². The van der Waals surface area contributed by atoms with Crippen LogP contribution in [0.25, 0.3) is 0 Å². The molecule has 4 rings (SSSR count). The maximum Gasteiger partial charge on any atom is 3.00 e. The van der Waals surface area contributed by atoms with Gasteiger partial charge in [-0.25, -0.2) is 0 Å². The van der Waals surface area contributed by atoms with Gasteiger partial charge in [0.2, 0.25) is 0 Å². The average molecular weight is 516 g/mol. The van der Waals surface area contributed by atoms with E-state index < -0.39 is 0 Å². The molecule has 2 aromatic carbocycles. The number of fused-ring (bicyclic) bond motifs is 2. The molecule has 11 heteroatoms. The fourth-order valence-corrected chi connectivity index (χ4v) is 2.17. The van der Waals surface area contributed by atoms with Gasteiger partial charge in [-0.2, -0.15) is 0 Å². The normalized spacial score (nSPS) is 9.66. The summed E-state index contributed by atoms with van der Waals surface area (Å²) in [6.45, 7) is 0. The third kappa shape index (κ3) is 14.1.